The van der Waals surface area contributed by atoms with Crippen LogP contribution in [-0.4, -0.2) is 25.7 Å². The van der Waals surface area contributed by atoms with Crippen molar-refractivity contribution in [3.63, 3.8) is 0 Å². The van der Waals surface area contributed by atoms with E-state index < -0.39 is 0 Å². The van der Waals surface area contributed by atoms with E-state index >= 15 is 0 Å². The molecular formula is C25H26N2O3. The summed E-state index contributed by atoms with van der Waals surface area (Å²) in [5.41, 5.74) is 2.78. The molecule has 0 aliphatic heterocycles. The van der Waals surface area contributed by atoms with Gasteiger partial charge in [-0.25, -0.2) is 0 Å². The van der Waals surface area contributed by atoms with Gasteiger partial charge in [-0.3, -0.25) is 4.79 Å². The second-order valence-electron chi connectivity index (χ2n) is 6.64. The Bertz CT molecular complexity index is 940. The van der Waals surface area contributed by atoms with Crippen LogP contribution in [-0.2, 0) is 11.2 Å². The van der Waals surface area contributed by atoms with Gasteiger partial charge in [0.25, 0.3) is 0 Å². The first-order chi connectivity index (χ1) is 14.7. The van der Waals surface area contributed by atoms with E-state index in [1.54, 1.807) is 18.2 Å². The minimum atomic E-state index is -0.134. The van der Waals surface area contributed by atoms with Gasteiger partial charge in [-0.05, 0) is 42.0 Å². The maximum Gasteiger partial charge on any atom is 0.243 e. The average molecular weight is 402 g/mol. The van der Waals surface area contributed by atoms with Gasteiger partial charge in [0.15, 0.2) is 0 Å². The van der Waals surface area contributed by atoms with Gasteiger partial charge in [-0.15, -0.1) is 0 Å². The third-order valence-electron chi connectivity index (χ3n) is 4.30. The number of nitrogens with one attached hydrogen (secondary N) is 2. The van der Waals surface area contributed by atoms with E-state index in [9.17, 15) is 4.79 Å². The van der Waals surface area contributed by atoms with Crippen LogP contribution in [0.1, 0.15) is 5.56 Å². The molecule has 3 aromatic carbocycles. The summed E-state index contributed by atoms with van der Waals surface area (Å²) in [6, 6.07) is 25.1. The molecule has 5 nitrogen and oxygen atoms in total. The third kappa shape index (κ3) is 7.02. The number of amides is 1. The van der Waals surface area contributed by atoms with Crippen LogP contribution in [0, 0.1) is 0 Å². The Morgan fingerprint density at radius 1 is 0.867 bits per heavy atom. The summed E-state index contributed by atoms with van der Waals surface area (Å²) in [6.45, 7) is 4.82. The van der Waals surface area contributed by atoms with Crippen LogP contribution in [0.4, 0.5) is 11.4 Å². The van der Waals surface area contributed by atoms with Crippen molar-refractivity contribution in [3.05, 3.63) is 97.1 Å². The van der Waals surface area contributed by atoms with Gasteiger partial charge in [0.2, 0.25) is 5.91 Å². The Hall–Kier alpha value is -3.73. The molecule has 0 aliphatic rings. The lowest BCUT2D eigenvalue weighted by molar-refractivity contribution is -0.114. The van der Waals surface area contributed by atoms with Gasteiger partial charge in [0.05, 0.1) is 13.2 Å². The molecule has 30 heavy (non-hydrogen) atoms. The fourth-order valence-corrected chi connectivity index (χ4v) is 2.80. The van der Waals surface area contributed by atoms with E-state index in [-0.39, 0.29) is 12.5 Å². The molecule has 154 valence electrons. The maximum atomic E-state index is 12.2. The molecular weight excluding hydrogens is 376 g/mol. The van der Waals surface area contributed by atoms with Crippen LogP contribution in [0.25, 0.3) is 0 Å². The topological polar surface area (TPSA) is 59.6 Å². The minimum Gasteiger partial charge on any atom is -0.493 e. The Labute approximate surface area is 177 Å². The summed E-state index contributed by atoms with van der Waals surface area (Å²) in [5.74, 6) is 1.37. The number of benzene rings is 3. The smallest absolute Gasteiger partial charge is 0.243 e. The van der Waals surface area contributed by atoms with E-state index in [2.05, 4.69) is 29.3 Å². The van der Waals surface area contributed by atoms with E-state index in [1.807, 2.05) is 54.6 Å². The monoisotopic (exact) mass is 402 g/mol. The number of anilines is 2. The van der Waals surface area contributed by atoms with Crippen LogP contribution in [0.15, 0.2) is 91.5 Å². The molecule has 0 aliphatic carbocycles. The van der Waals surface area contributed by atoms with Crippen molar-refractivity contribution in [1.82, 2.24) is 0 Å². The zero-order valence-corrected chi connectivity index (χ0v) is 16.8. The SMILES string of the molecule is C=CCOc1ccc(NC(=O)CNc2cccc(OCCc3ccccc3)c2)cc1. The summed E-state index contributed by atoms with van der Waals surface area (Å²) < 4.78 is 11.3. The molecule has 0 saturated heterocycles. The van der Waals surface area contributed by atoms with Crippen LogP contribution < -0.4 is 20.1 Å². The van der Waals surface area contributed by atoms with Crippen molar-refractivity contribution in [2.45, 2.75) is 6.42 Å². The lowest BCUT2D eigenvalue weighted by Crippen LogP contribution is -2.21. The molecule has 0 spiro atoms. The van der Waals surface area contributed by atoms with Gasteiger partial charge in [-0.1, -0.05) is 49.1 Å². The molecule has 3 rings (SSSR count). The highest BCUT2D eigenvalue weighted by Crippen LogP contribution is 2.18. The van der Waals surface area contributed by atoms with E-state index in [0.29, 0.717) is 18.9 Å². The van der Waals surface area contributed by atoms with Crippen LogP contribution in [0.2, 0.25) is 0 Å². The fraction of sp³-hybridized carbons (Fsp3) is 0.160. The Morgan fingerprint density at radius 3 is 2.43 bits per heavy atom. The number of ether oxygens (including phenoxy) is 2. The van der Waals surface area contributed by atoms with Gasteiger partial charge < -0.3 is 20.1 Å². The van der Waals surface area contributed by atoms with Crippen molar-refractivity contribution >= 4 is 17.3 Å². The Balaban J connectivity index is 1.43. The van der Waals surface area contributed by atoms with Crippen molar-refractivity contribution in [2.75, 3.05) is 30.4 Å². The van der Waals surface area contributed by atoms with Gasteiger partial charge >= 0.3 is 0 Å². The molecule has 0 unspecified atom stereocenters. The number of carbonyl (C=O) groups is 1. The van der Waals surface area contributed by atoms with E-state index in [1.165, 1.54) is 5.56 Å². The van der Waals surface area contributed by atoms with Gasteiger partial charge in [-0.2, -0.15) is 0 Å². The molecule has 0 saturated carbocycles. The third-order valence-corrected chi connectivity index (χ3v) is 4.30. The van der Waals surface area contributed by atoms with Crippen molar-refractivity contribution < 1.29 is 14.3 Å². The van der Waals surface area contributed by atoms with Crippen molar-refractivity contribution in [1.29, 1.82) is 0 Å². The summed E-state index contributed by atoms with van der Waals surface area (Å²) in [4.78, 5) is 12.2. The standard InChI is InChI=1S/C25H26N2O3/c1-2-16-29-23-13-11-21(12-14-23)27-25(28)19-26-22-9-6-10-24(18-22)30-17-15-20-7-4-3-5-8-20/h2-14,18,26H,1,15-17,19H2,(H,27,28). The highest BCUT2D eigenvalue weighted by atomic mass is 16.5. The first-order valence-corrected chi connectivity index (χ1v) is 9.87. The Morgan fingerprint density at radius 2 is 1.67 bits per heavy atom. The summed E-state index contributed by atoms with van der Waals surface area (Å²) in [7, 11) is 0. The minimum absolute atomic E-state index is 0.134. The van der Waals surface area contributed by atoms with E-state index in [0.717, 1.165) is 23.6 Å². The molecule has 0 heterocycles. The largest absolute Gasteiger partial charge is 0.493 e. The zero-order valence-electron chi connectivity index (χ0n) is 16.8. The first kappa shape index (κ1) is 21.0. The molecule has 5 heteroatoms. The second-order valence-corrected chi connectivity index (χ2v) is 6.64. The summed E-state index contributed by atoms with van der Waals surface area (Å²) in [6.07, 6.45) is 2.53. The van der Waals surface area contributed by atoms with Gasteiger partial charge in [0, 0.05) is 23.9 Å². The van der Waals surface area contributed by atoms with Crippen LogP contribution in [0.5, 0.6) is 11.5 Å². The molecule has 0 atom stereocenters. The highest BCUT2D eigenvalue weighted by Gasteiger charge is 2.04. The maximum absolute atomic E-state index is 12.2. The number of hydrogen-bond acceptors (Lipinski definition) is 4. The quantitative estimate of drug-likeness (QED) is 0.447. The average Bonchev–Trinajstić information content (AvgIpc) is 2.78. The predicted molar refractivity (Wildman–Crippen MR) is 121 cm³/mol. The number of hydrogen-bond donors (Lipinski definition) is 2. The zero-order chi connectivity index (χ0) is 21.0. The summed E-state index contributed by atoms with van der Waals surface area (Å²) in [5, 5.41) is 5.98. The van der Waals surface area contributed by atoms with Crippen molar-refractivity contribution in [2.24, 2.45) is 0 Å². The molecule has 0 aromatic heterocycles. The molecule has 0 radical (unpaired) electrons. The Kier molecular flexibility index (Phi) is 7.92. The highest BCUT2D eigenvalue weighted by molar-refractivity contribution is 5.93. The summed E-state index contributed by atoms with van der Waals surface area (Å²) >= 11 is 0. The first-order valence-electron chi connectivity index (χ1n) is 9.87. The molecule has 1 amide bonds. The number of rotatable bonds is 11. The lowest BCUT2D eigenvalue weighted by atomic mass is 10.2. The van der Waals surface area contributed by atoms with Crippen LogP contribution >= 0.6 is 0 Å². The lowest BCUT2D eigenvalue weighted by Gasteiger charge is -2.11. The molecule has 3 aromatic rings. The van der Waals surface area contributed by atoms with Crippen LogP contribution in [0.3, 0.4) is 0 Å². The van der Waals surface area contributed by atoms with Gasteiger partial charge in [0.1, 0.15) is 18.1 Å². The fourth-order valence-electron chi connectivity index (χ4n) is 2.80. The molecule has 0 fully saturated rings. The predicted octanol–water partition coefficient (Wildman–Crippen LogP) is 4.92. The second kappa shape index (κ2) is 11.3. The number of carbonyl (C=O) groups excluding carboxylic acids is 1. The molecule has 2 N–H and O–H groups in total. The molecule has 0 bridgehead atoms. The normalized spacial score (nSPS) is 10.1. The van der Waals surface area contributed by atoms with E-state index in [4.69, 9.17) is 9.47 Å². The van der Waals surface area contributed by atoms with Crippen molar-refractivity contribution in [3.8, 4) is 11.5 Å².